The van der Waals surface area contributed by atoms with Gasteiger partial charge < -0.3 is 20.6 Å². The summed E-state index contributed by atoms with van der Waals surface area (Å²) in [6.07, 6.45) is 2.84. The number of nitrogens with zero attached hydrogens (tertiary/aromatic N) is 2. The van der Waals surface area contributed by atoms with Crippen LogP contribution in [0.25, 0.3) is 0 Å². The number of hydrogen-bond acceptors (Lipinski definition) is 3. The number of hydrogen-bond donors (Lipinski definition) is 3. The lowest BCUT2D eigenvalue weighted by molar-refractivity contribution is 0.203. The van der Waals surface area contributed by atoms with Gasteiger partial charge in [-0.3, -0.25) is 0 Å². The van der Waals surface area contributed by atoms with E-state index in [1.807, 2.05) is 13.0 Å². The Balaban J connectivity index is 1.50. The summed E-state index contributed by atoms with van der Waals surface area (Å²) in [4.78, 5) is 7.06. The van der Waals surface area contributed by atoms with Gasteiger partial charge in [0.05, 0.1) is 6.54 Å². The number of piperidine rings is 1. The minimum Gasteiger partial charge on any atom is -0.396 e. The molecule has 0 spiro atoms. The molecular weight excluding hydrogens is 379 g/mol. The Morgan fingerprint density at radius 3 is 2.53 bits per heavy atom. The van der Waals surface area contributed by atoms with Crippen molar-refractivity contribution in [3.8, 4) is 0 Å². The van der Waals surface area contributed by atoms with Crippen molar-refractivity contribution >= 4 is 11.6 Å². The highest BCUT2D eigenvalue weighted by Crippen LogP contribution is 2.23. The molecule has 1 aliphatic rings. The topological polar surface area (TPSA) is 59.9 Å². The normalized spacial score (nSPS) is 15.3. The highest BCUT2D eigenvalue weighted by Gasteiger charge is 2.18. The van der Waals surface area contributed by atoms with Crippen LogP contribution in [0.4, 0.5) is 10.1 Å². The lowest BCUT2D eigenvalue weighted by atomic mass is 9.97. The maximum absolute atomic E-state index is 13.3. The first-order valence-corrected chi connectivity index (χ1v) is 10.9. The Morgan fingerprint density at radius 2 is 1.87 bits per heavy atom. The van der Waals surface area contributed by atoms with E-state index in [-0.39, 0.29) is 5.82 Å². The van der Waals surface area contributed by atoms with Gasteiger partial charge in [-0.2, -0.15) is 0 Å². The lowest BCUT2D eigenvalue weighted by Gasteiger charge is -2.32. The van der Waals surface area contributed by atoms with E-state index in [1.165, 1.54) is 11.8 Å². The van der Waals surface area contributed by atoms with Crippen molar-refractivity contribution in [3.05, 3.63) is 65.5 Å². The average Bonchev–Trinajstić information content (AvgIpc) is 2.78. The first kappa shape index (κ1) is 22.1. The van der Waals surface area contributed by atoms with Gasteiger partial charge in [-0.05, 0) is 67.5 Å². The van der Waals surface area contributed by atoms with Gasteiger partial charge >= 0.3 is 0 Å². The van der Waals surface area contributed by atoms with Gasteiger partial charge in [-0.15, -0.1) is 0 Å². The third kappa shape index (κ3) is 6.73. The Hall–Kier alpha value is -2.60. The second-order valence-corrected chi connectivity index (χ2v) is 7.78. The van der Waals surface area contributed by atoms with Crippen LogP contribution in [0, 0.1) is 11.7 Å². The summed E-state index contributed by atoms with van der Waals surface area (Å²) in [7, 11) is 0. The molecule has 0 bridgehead atoms. The molecular formula is C24H33FN4O. The zero-order valence-corrected chi connectivity index (χ0v) is 17.8. The van der Waals surface area contributed by atoms with Gasteiger partial charge in [-0.25, -0.2) is 9.38 Å². The molecule has 5 nitrogen and oxygen atoms in total. The smallest absolute Gasteiger partial charge is 0.191 e. The second-order valence-electron chi connectivity index (χ2n) is 7.78. The Labute approximate surface area is 179 Å². The number of rotatable bonds is 8. The maximum atomic E-state index is 13.3. The fourth-order valence-electron chi connectivity index (χ4n) is 3.72. The molecule has 162 valence electrons. The highest BCUT2D eigenvalue weighted by molar-refractivity contribution is 5.79. The van der Waals surface area contributed by atoms with Crippen molar-refractivity contribution < 1.29 is 9.50 Å². The van der Waals surface area contributed by atoms with Crippen molar-refractivity contribution in [1.82, 2.24) is 10.6 Å². The molecule has 1 saturated heterocycles. The van der Waals surface area contributed by atoms with Crippen LogP contribution in [0.5, 0.6) is 0 Å². The van der Waals surface area contributed by atoms with Crippen LogP contribution in [0.3, 0.4) is 0 Å². The summed E-state index contributed by atoms with van der Waals surface area (Å²) < 4.78 is 13.3. The zero-order valence-electron chi connectivity index (χ0n) is 17.8. The quantitative estimate of drug-likeness (QED) is 0.460. The van der Waals surface area contributed by atoms with Gasteiger partial charge in [0.25, 0.3) is 0 Å². The third-order valence-corrected chi connectivity index (χ3v) is 5.53. The molecule has 0 radical (unpaired) electrons. The number of aliphatic imine (C=N–C) groups is 1. The molecule has 1 heterocycles. The number of aliphatic hydroxyl groups is 1. The molecule has 0 unspecified atom stereocenters. The van der Waals surface area contributed by atoms with E-state index in [4.69, 9.17) is 0 Å². The van der Waals surface area contributed by atoms with E-state index in [9.17, 15) is 9.50 Å². The van der Waals surface area contributed by atoms with Crippen LogP contribution in [0.2, 0.25) is 0 Å². The van der Waals surface area contributed by atoms with E-state index >= 15 is 0 Å². The average molecular weight is 413 g/mol. The van der Waals surface area contributed by atoms with E-state index in [1.54, 1.807) is 12.1 Å². The molecule has 2 aromatic rings. The monoisotopic (exact) mass is 412 g/mol. The fraction of sp³-hybridized carbons (Fsp3) is 0.458. The minimum atomic E-state index is -0.200. The Morgan fingerprint density at radius 1 is 1.10 bits per heavy atom. The molecule has 6 heteroatoms. The molecule has 3 N–H and O–H groups in total. The van der Waals surface area contributed by atoms with Crippen LogP contribution in [-0.4, -0.2) is 43.9 Å². The molecule has 1 fully saturated rings. The van der Waals surface area contributed by atoms with E-state index in [0.29, 0.717) is 25.6 Å². The van der Waals surface area contributed by atoms with E-state index in [2.05, 4.69) is 44.8 Å². The molecule has 0 atom stereocenters. The Kier molecular flexibility index (Phi) is 8.51. The Bertz CT molecular complexity index is 801. The van der Waals surface area contributed by atoms with Crippen LogP contribution in [-0.2, 0) is 13.0 Å². The lowest BCUT2D eigenvalue weighted by Crippen LogP contribution is -2.38. The minimum absolute atomic E-state index is 0.200. The van der Waals surface area contributed by atoms with Crippen molar-refractivity contribution in [2.75, 3.05) is 37.7 Å². The molecule has 0 saturated carbocycles. The summed E-state index contributed by atoms with van der Waals surface area (Å²) in [5.74, 6) is 1.02. The molecule has 1 aliphatic heterocycles. The maximum Gasteiger partial charge on any atom is 0.191 e. The SMILES string of the molecule is CCNC(=NCc1ccc(N2CCC(CO)CC2)cc1)NCCc1cccc(F)c1. The predicted molar refractivity (Wildman–Crippen MR) is 121 cm³/mol. The largest absolute Gasteiger partial charge is 0.396 e. The summed E-state index contributed by atoms with van der Waals surface area (Å²) >= 11 is 0. The second kappa shape index (κ2) is 11.6. The molecule has 0 aliphatic carbocycles. The van der Waals surface area contributed by atoms with Crippen LogP contribution in [0.15, 0.2) is 53.5 Å². The first-order chi connectivity index (χ1) is 14.7. The number of benzene rings is 2. The number of guanidine groups is 1. The zero-order chi connectivity index (χ0) is 21.2. The summed E-state index contributed by atoms with van der Waals surface area (Å²) in [5.41, 5.74) is 3.36. The number of aliphatic hydroxyl groups excluding tert-OH is 1. The van der Waals surface area contributed by atoms with Gasteiger partial charge in [0.15, 0.2) is 5.96 Å². The van der Waals surface area contributed by atoms with Crippen molar-refractivity contribution in [1.29, 1.82) is 0 Å². The molecule has 3 rings (SSSR count). The summed E-state index contributed by atoms with van der Waals surface area (Å²) in [5, 5.41) is 15.9. The number of halogens is 1. The van der Waals surface area contributed by atoms with Crippen LogP contribution < -0.4 is 15.5 Å². The van der Waals surface area contributed by atoms with Gasteiger partial charge in [0.2, 0.25) is 0 Å². The molecule has 0 aromatic heterocycles. The van der Waals surface area contributed by atoms with Crippen LogP contribution in [0.1, 0.15) is 30.9 Å². The third-order valence-electron chi connectivity index (χ3n) is 5.53. The van der Waals surface area contributed by atoms with Crippen molar-refractivity contribution in [3.63, 3.8) is 0 Å². The number of nitrogens with one attached hydrogen (secondary N) is 2. The molecule has 30 heavy (non-hydrogen) atoms. The fourth-order valence-corrected chi connectivity index (χ4v) is 3.72. The van der Waals surface area contributed by atoms with E-state index in [0.717, 1.165) is 56.0 Å². The summed E-state index contributed by atoms with van der Waals surface area (Å²) in [6.45, 7) is 6.42. The van der Waals surface area contributed by atoms with E-state index < -0.39 is 0 Å². The van der Waals surface area contributed by atoms with Crippen molar-refractivity contribution in [2.24, 2.45) is 10.9 Å². The standard InChI is InChI=1S/C24H33FN4O/c1-2-26-24(27-13-10-19-4-3-5-22(25)16-19)28-17-20-6-8-23(9-7-20)29-14-11-21(18-30)12-15-29/h3-9,16,21,30H,2,10-15,17-18H2,1H3,(H2,26,27,28). The van der Waals surface area contributed by atoms with Gasteiger partial charge in [-0.1, -0.05) is 24.3 Å². The van der Waals surface area contributed by atoms with Crippen LogP contribution >= 0.6 is 0 Å². The molecule has 0 amide bonds. The molecule has 2 aromatic carbocycles. The highest BCUT2D eigenvalue weighted by atomic mass is 19.1. The number of anilines is 1. The van der Waals surface area contributed by atoms with Gasteiger partial charge in [0, 0.05) is 38.5 Å². The summed E-state index contributed by atoms with van der Waals surface area (Å²) in [6, 6.07) is 15.3. The van der Waals surface area contributed by atoms with Crippen molar-refractivity contribution in [2.45, 2.75) is 32.7 Å². The van der Waals surface area contributed by atoms with Gasteiger partial charge in [0.1, 0.15) is 5.82 Å². The predicted octanol–water partition coefficient (Wildman–Crippen LogP) is 3.33. The first-order valence-electron chi connectivity index (χ1n) is 10.9.